The third kappa shape index (κ3) is 8.25. The molecule has 0 spiro atoms. The number of amides is 4. The highest BCUT2D eigenvalue weighted by molar-refractivity contribution is 7.80. The molecule has 8 N–H and O–H groups in total. The van der Waals surface area contributed by atoms with Gasteiger partial charge in [-0.1, -0.05) is 0 Å². The molecule has 4 amide bonds. The summed E-state index contributed by atoms with van der Waals surface area (Å²) in [6.45, 7) is -0.165. The third-order valence-corrected chi connectivity index (χ3v) is 4.67. The van der Waals surface area contributed by atoms with Crippen molar-refractivity contribution in [1.82, 2.24) is 21.3 Å². The molecule has 164 valence electrons. The molecule has 0 bridgehead atoms. The summed E-state index contributed by atoms with van der Waals surface area (Å²) in [6.07, 6.45) is 1.02. The molecule has 1 aliphatic rings. The van der Waals surface area contributed by atoms with Crippen LogP contribution in [0.1, 0.15) is 25.7 Å². The maximum Gasteiger partial charge on any atom is 0.328 e. The Labute approximate surface area is 172 Å². The monoisotopic (exact) mass is 433 g/mol. The summed E-state index contributed by atoms with van der Waals surface area (Å²) in [7, 11) is 0. The van der Waals surface area contributed by atoms with Gasteiger partial charge in [0, 0.05) is 12.2 Å². The van der Waals surface area contributed by atoms with E-state index in [0.29, 0.717) is 13.0 Å². The fourth-order valence-electron chi connectivity index (χ4n) is 2.66. The number of nitrogens with one attached hydrogen (secondary N) is 4. The zero-order chi connectivity index (χ0) is 22.0. The van der Waals surface area contributed by atoms with Crippen LogP contribution in [0.5, 0.6) is 0 Å². The van der Waals surface area contributed by atoms with E-state index in [1.54, 1.807) is 0 Å². The number of rotatable bonds is 12. The molecule has 1 heterocycles. The minimum atomic E-state index is -1.58. The van der Waals surface area contributed by atoms with Crippen LogP contribution in [0.4, 0.5) is 0 Å². The van der Waals surface area contributed by atoms with Crippen molar-refractivity contribution in [2.24, 2.45) is 5.73 Å². The average Bonchev–Trinajstić information content (AvgIpc) is 3.21. The Morgan fingerprint density at radius 2 is 1.69 bits per heavy atom. The van der Waals surface area contributed by atoms with Gasteiger partial charge in [-0.05, 0) is 25.8 Å². The molecular weight excluding hydrogens is 406 g/mol. The molecule has 29 heavy (non-hydrogen) atoms. The number of carbonyl (C=O) groups excluding carboxylic acids is 4. The minimum absolute atomic E-state index is 0.0527. The van der Waals surface area contributed by atoms with E-state index in [0.717, 1.165) is 6.42 Å². The van der Waals surface area contributed by atoms with E-state index in [-0.39, 0.29) is 24.5 Å². The Morgan fingerprint density at radius 3 is 2.17 bits per heavy atom. The second kappa shape index (κ2) is 12.2. The summed E-state index contributed by atoms with van der Waals surface area (Å²) in [5.74, 6) is -4.26. The summed E-state index contributed by atoms with van der Waals surface area (Å²) in [4.78, 5) is 59.1. The first kappa shape index (κ1) is 24.7. The predicted molar refractivity (Wildman–Crippen MR) is 104 cm³/mol. The Balaban J connectivity index is 2.78. The predicted octanol–water partition coefficient (Wildman–Crippen LogP) is -3.53. The van der Waals surface area contributed by atoms with Gasteiger partial charge in [-0.15, -0.1) is 0 Å². The van der Waals surface area contributed by atoms with Gasteiger partial charge in [-0.2, -0.15) is 12.6 Å². The Bertz CT molecular complexity index is 627. The molecule has 1 rings (SSSR count). The molecule has 1 saturated heterocycles. The largest absolute Gasteiger partial charge is 0.480 e. The molecule has 0 aliphatic carbocycles. The number of carboxylic acid groups (broad SMARTS) is 1. The average molecular weight is 433 g/mol. The number of aliphatic hydroxyl groups is 1. The number of hydrogen-bond donors (Lipinski definition) is 8. The zero-order valence-corrected chi connectivity index (χ0v) is 16.6. The maximum absolute atomic E-state index is 12.5. The molecule has 0 aromatic heterocycles. The van der Waals surface area contributed by atoms with Crippen molar-refractivity contribution in [3.8, 4) is 0 Å². The van der Waals surface area contributed by atoms with Crippen LogP contribution in [0.15, 0.2) is 0 Å². The van der Waals surface area contributed by atoms with Gasteiger partial charge in [-0.3, -0.25) is 19.2 Å². The topological polar surface area (TPSA) is 200 Å². The molecule has 1 aliphatic heterocycles. The lowest BCUT2D eigenvalue weighted by Crippen LogP contribution is -2.58. The van der Waals surface area contributed by atoms with Crippen molar-refractivity contribution in [2.75, 3.05) is 18.9 Å². The zero-order valence-electron chi connectivity index (χ0n) is 15.7. The van der Waals surface area contributed by atoms with Crippen LogP contribution in [0, 0.1) is 0 Å². The number of aliphatic hydroxyl groups excluding tert-OH is 1. The van der Waals surface area contributed by atoms with Gasteiger partial charge >= 0.3 is 5.97 Å². The summed E-state index contributed by atoms with van der Waals surface area (Å²) in [6, 6.07) is -4.35. The normalized spacial score (nSPS) is 18.9. The van der Waals surface area contributed by atoms with Crippen LogP contribution in [0.3, 0.4) is 0 Å². The smallest absolute Gasteiger partial charge is 0.328 e. The van der Waals surface area contributed by atoms with Crippen LogP contribution in [0.2, 0.25) is 0 Å². The van der Waals surface area contributed by atoms with Crippen LogP contribution >= 0.6 is 12.6 Å². The van der Waals surface area contributed by atoms with Gasteiger partial charge in [0.15, 0.2) is 0 Å². The van der Waals surface area contributed by atoms with E-state index in [9.17, 15) is 24.0 Å². The SMILES string of the molecule is NC(=O)CCC(NC(=O)C(CS)NC(=O)C1CCCN1)C(=O)NC(CO)C(=O)O. The summed E-state index contributed by atoms with van der Waals surface area (Å²) >= 11 is 4.05. The lowest BCUT2D eigenvalue weighted by atomic mass is 10.1. The number of thiol groups is 1. The standard InChI is InChI=1S/C16H27N5O7S/c17-12(23)4-3-9(14(25)20-10(6-22)16(27)28)19-15(26)11(7-29)21-13(24)8-2-1-5-18-8/h8-11,18,22,29H,1-7H2,(H2,17,23)(H,19,26)(H,20,25)(H,21,24)(H,27,28). The van der Waals surface area contributed by atoms with Gasteiger partial charge in [0.05, 0.1) is 12.6 Å². The second-order valence-electron chi connectivity index (χ2n) is 6.54. The Morgan fingerprint density at radius 1 is 1.07 bits per heavy atom. The van der Waals surface area contributed by atoms with Crippen LogP contribution in [-0.4, -0.2) is 82.9 Å². The molecule has 12 nitrogen and oxygen atoms in total. The fraction of sp³-hybridized carbons (Fsp3) is 0.688. The molecule has 0 aromatic rings. The quantitative estimate of drug-likeness (QED) is 0.145. The Kier molecular flexibility index (Phi) is 10.4. The van der Waals surface area contributed by atoms with Crippen molar-refractivity contribution < 1.29 is 34.2 Å². The number of aliphatic carboxylic acids is 1. The summed E-state index contributed by atoms with van der Waals surface area (Å²) < 4.78 is 0. The van der Waals surface area contributed by atoms with Crippen LogP contribution < -0.4 is 27.0 Å². The van der Waals surface area contributed by atoms with Gasteiger partial charge in [0.1, 0.15) is 18.1 Å². The summed E-state index contributed by atoms with van der Waals surface area (Å²) in [5, 5.41) is 27.9. The third-order valence-electron chi connectivity index (χ3n) is 4.30. The van der Waals surface area contributed by atoms with Crippen molar-refractivity contribution in [2.45, 2.75) is 49.9 Å². The lowest BCUT2D eigenvalue weighted by molar-refractivity contribution is -0.143. The van der Waals surface area contributed by atoms with E-state index in [2.05, 4.69) is 33.9 Å². The van der Waals surface area contributed by atoms with Crippen molar-refractivity contribution in [3.05, 3.63) is 0 Å². The molecule has 0 aromatic carbocycles. The van der Waals surface area contributed by atoms with Gasteiger partial charge in [0.2, 0.25) is 23.6 Å². The first-order valence-corrected chi connectivity index (χ1v) is 9.70. The summed E-state index contributed by atoms with van der Waals surface area (Å²) in [5.41, 5.74) is 5.08. The van der Waals surface area contributed by atoms with Crippen molar-refractivity contribution >= 4 is 42.2 Å². The minimum Gasteiger partial charge on any atom is -0.480 e. The highest BCUT2D eigenvalue weighted by atomic mass is 32.1. The molecule has 4 atom stereocenters. The lowest BCUT2D eigenvalue weighted by Gasteiger charge is -2.24. The van der Waals surface area contributed by atoms with E-state index >= 15 is 0 Å². The first-order valence-electron chi connectivity index (χ1n) is 9.06. The van der Waals surface area contributed by atoms with E-state index < -0.39 is 54.5 Å². The first-order chi connectivity index (χ1) is 13.7. The number of carbonyl (C=O) groups is 5. The van der Waals surface area contributed by atoms with E-state index in [1.807, 2.05) is 0 Å². The molecule has 4 unspecified atom stereocenters. The molecule has 1 fully saturated rings. The van der Waals surface area contributed by atoms with Crippen molar-refractivity contribution in [3.63, 3.8) is 0 Å². The van der Waals surface area contributed by atoms with Crippen LogP contribution in [-0.2, 0) is 24.0 Å². The number of hydrogen-bond acceptors (Lipinski definition) is 8. The molecule has 0 saturated carbocycles. The highest BCUT2D eigenvalue weighted by Gasteiger charge is 2.30. The maximum atomic E-state index is 12.5. The highest BCUT2D eigenvalue weighted by Crippen LogP contribution is 2.06. The molecule has 13 heteroatoms. The van der Waals surface area contributed by atoms with Crippen molar-refractivity contribution in [1.29, 1.82) is 0 Å². The van der Waals surface area contributed by atoms with Gasteiger partial charge < -0.3 is 37.2 Å². The second-order valence-corrected chi connectivity index (χ2v) is 6.91. The number of carboxylic acids is 1. The van der Waals surface area contributed by atoms with Crippen LogP contribution in [0.25, 0.3) is 0 Å². The van der Waals surface area contributed by atoms with Gasteiger partial charge in [0.25, 0.3) is 0 Å². The molecule has 0 radical (unpaired) electrons. The van der Waals surface area contributed by atoms with Gasteiger partial charge in [-0.25, -0.2) is 4.79 Å². The van der Waals surface area contributed by atoms with E-state index in [1.165, 1.54) is 0 Å². The number of nitrogens with two attached hydrogens (primary N) is 1. The Hall–Kier alpha value is -2.38. The fourth-order valence-corrected chi connectivity index (χ4v) is 2.92. The number of primary amides is 1. The van der Waals surface area contributed by atoms with E-state index in [4.69, 9.17) is 15.9 Å². The molecular formula is C16H27N5O7S.